The minimum atomic E-state index is -0.157. The van der Waals surface area contributed by atoms with Crippen LogP contribution in [0.4, 0.5) is 10.8 Å². The fourth-order valence-corrected chi connectivity index (χ4v) is 3.41. The Balaban J connectivity index is 1.72. The van der Waals surface area contributed by atoms with Gasteiger partial charge in [0.1, 0.15) is 0 Å². The van der Waals surface area contributed by atoms with Crippen LogP contribution in [0, 0.1) is 0 Å². The number of rotatable bonds is 4. The van der Waals surface area contributed by atoms with Crippen molar-refractivity contribution in [3.63, 3.8) is 0 Å². The summed E-state index contributed by atoms with van der Waals surface area (Å²) in [7, 11) is 0. The van der Waals surface area contributed by atoms with Crippen LogP contribution in [0.25, 0.3) is 10.2 Å². The van der Waals surface area contributed by atoms with E-state index in [1.54, 1.807) is 24.3 Å². The zero-order valence-corrected chi connectivity index (χ0v) is 14.4. The fraction of sp³-hybridized carbons (Fsp3) is 0.118. The number of aromatic nitrogens is 1. The molecule has 0 unspecified atom stereocenters. The average molecular weight is 360 g/mol. The molecule has 0 aliphatic rings. The van der Waals surface area contributed by atoms with Crippen molar-refractivity contribution in [2.45, 2.75) is 13.3 Å². The van der Waals surface area contributed by atoms with E-state index in [1.165, 1.54) is 18.3 Å². The number of nitrogens with zero attached hydrogens (tertiary/aromatic N) is 1. The molecule has 1 heterocycles. The highest BCUT2D eigenvalue weighted by atomic mass is 35.5. The Morgan fingerprint density at radius 2 is 2.00 bits per heavy atom. The van der Waals surface area contributed by atoms with Gasteiger partial charge in [0.05, 0.1) is 16.6 Å². The molecular weight excluding hydrogens is 346 g/mol. The smallest absolute Gasteiger partial charge is 0.228 e. The molecule has 0 atom stereocenters. The van der Waals surface area contributed by atoms with Gasteiger partial charge >= 0.3 is 0 Å². The van der Waals surface area contributed by atoms with Crippen LogP contribution >= 0.6 is 22.9 Å². The Kier molecular flexibility index (Phi) is 4.78. The van der Waals surface area contributed by atoms with Crippen LogP contribution in [-0.2, 0) is 16.0 Å². The Labute approximate surface area is 147 Å². The first-order valence-electron chi connectivity index (χ1n) is 7.22. The molecular formula is C17H14ClN3O2S. The number of anilines is 2. The number of benzene rings is 2. The third kappa shape index (κ3) is 4.10. The molecule has 2 amide bonds. The van der Waals surface area contributed by atoms with Crippen molar-refractivity contribution in [2.75, 3.05) is 10.6 Å². The number of nitrogens with one attached hydrogen (secondary N) is 2. The van der Waals surface area contributed by atoms with Crippen LogP contribution < -0.4 is 10.6 Å². The molecule has 24 heavy (non-hydrogen) atoms. The standard InChI is InChI=1S/C17H14ClN3O2S/c1-10(22)19-17-21-14-6-5-11(7-15(14)24-17)8-16(23)20-13-4-2-3-12(18)9-13/h2-7,9H,8H2,1H3,(H,20,23)(H,19,21,22). The lowest BCUT2D eigenvalue weighted by Crippen LogP contribution is -2.14. The molecule has 1 aromatic heterocycles. The lowest BCUT2D eigenvalue weighted by atomic mass is 10.1. The zero-order chi connectivity index (χ0) is 17.1. The summed E-state index contributed by atoms with van der Waals surface area (Å²) < 4.78 is 0.923. The largest absolute Gasteiger partial charge is 0.326 e. The van der Waals surface area contributed by atoms with Crippen LogP contribution in [0.1, 0.15) is 12.5 Å². The van der Waals surface area contributed by atoms with Gasteiger partial charge in [0.25, 0.3) is 0 Å². The van der Waals surface area contributed by atoms with E-state index in [1.807, 2.05) is 18.2 Å². The van der Waals surface area contributed by atoms with Crippen LogP contribution in [0.2, 0.25) is 5.02 Å². The van der Waals surface area contributed by atoms with E-state index in [-0.39, 0.29) is 18.2 Å². The van der Waals surface area contributed by atoms with Gasteiger partial charge in [-0.1, -0.05) is 35.1 Å². The molecule has 3 aromatic rings. The van der Waals surface area contributed by atoms with Crippen molar-refractivity contribution in [1.29, 1.82) is 0 Å². The molecule has 0 aliphatic heterocycles. The Morgan fingerprint density at radius 1 is 1.17 bits per heavy atom. The van der Waals surface area contributed by atoms with Gasteiger partial charge in [0.2, 0.25) is 11.8 Å². The summed E-state index contributed by atoms with van der Waals surface area (Å²) in [5.74, 6) is -0.279. The summed E-state index contributed by atoms with van der Waals surface area (Å²) in [5, 5.41) is 6.61. The number of hydrogen-bond acceptors (Lipinski definition) is 4. The second-order valence-corrected chi connectivity index (χ2v) is 6.70. The molecule has 122 valence electrons. The summed E-state index contributed by atoms with van der Waals surface area (Å²) >= 11 is 7.29. The lowest BCUT2D eigenvalue weighted by molar-refractivity contribution is -0.116. The first kappa shape index (κ1) is 16.4. The third-order valence-corrected chi connectivity index (χ3v) is 4.38. The maximum absolute atomic E-state index is 12.2. The van der Waals surface area contributed by atoms with E-state index in [4.69, 9.17) is 11.6 Å². The van der Waals surface area contributed by atoms with Crippen molar-refractivity contribution in [3.05, 3.63) is 53.1 Å². The molecule has 7 heteroatoms. The van der Waals surface area contributed by atoms with Gasteiger partial charge in [-0.2, -0.15) is 0 Å². The molecule has 0 saturated heterocycles. The average Bonchev–Trinajstić information content (AvgIpc) is 2.87. The van der Waals surface area contributed by atoms with Crippen molar-refractivity contribution < 1.29 is 9.59 Å². The molecule has 0 radical (unpaired) electrons. The number of amides is 2. The van der Waals surface area contributed by atoms with Gasteiger partial charge in [-0.3, -0.25) is 9.59 Å². The van der Waals surface area contributed by atoms with Gasteiger partial charge in [0, 0.05) is 17.6 Å². The SMILES string of the molecule is CC(=O)Nc1nc2ccc(CC(=O)Nc3cccc(Cl)c3)cc2s1. The van der Waals surface area contributed by atoms with Gasteiger partial charge in [-0.05, 0) is 35.9 Å². The second-order valence-electron chi connectivity index (χ2n) is 5.24. The number of halogens is 1. The highest BCUT2D eigenvalue weighted by molar-refractivity contribution is 7.22. The van der Waals surface area contributed by atoms with Crippen molar-refractivity contribution in [3.8, 4) is 0 Å². The molecule has 5 nitrogen and oxygen atoms in total. The van der Waals surface area contributed by atoms with Crippen LogP contribution in [0.3, 0.4) is 0 Å². The highest BCUT2D eigenvalue weighted by Crippen LogP contribution is 2.27. The topological polar surface area (TPSA) is 71.1 Å². The van der Waals surface area contributed by atoms with E-state index >= 15 is 0 Å². The van der Waals surface area contributed by atoms with E-state index in [0.717, 1.165) is 15.8 Å². The van der Waals surface area contributed by atoms with Crippen molar-refractivity contribution >= 4 is 55.8 Å². The van der Waals surface area contributed by atoms with Crippen molar-refractivity contribution in [2.24, 2.45) is 0 Å². The van der Waals surface area contributed by atoms with Gasteiger partial charge in [0.15, 0.2) is 5.13 Å². The second kappa shape index (κ2) is 6.98. The molecule has 2 N–H and O–H groups in total. The maximum Gasteiger partial charge on any atom is 0.228 e. The minimum absolute atomic E-state index is 0.122. The maximum atomic E-state index is 12.2. The number of carbonyl (C=O) groups is 2. The fourth-order valence-electron chi connectivity index (χ4n) is 2.24. The normalized spacial score (nSPS) is 10.6. The molecule has 0 fully saturated rings. The van der Waals surface area contributed by atoms with Gasteiger partial charge in [-0.25, -0.2) is 4.98 Å². The highest BCUT2D eigenvalue weighted by Gasteiger charge is 2.09. The summed E-state index contributed by atoms with van der Waals surface area (Å²) in [4.78, 5) is 27.6. The molecule has 2 aromatic carbocycles. The summed E-state index contributed by atoms with van der Waals surface area (Å²) in [5.41, 5.74) is 2.34. The van der Waals surface area contributed by atoms with E-state index in [2.05, 4.69) is 15.6 Å². The predicted molar refractivity (Wildman–Crippen MR) is 97.7 cm³/mol. The molecule has 0 spiro atoms. The molecule has 0 saturated carbocycles. The van der Waals surface area contributed by atoms with Crippen molar-refractivity contribution in [1.82, 2.24) is 4.98 Å². The predicted octanol–water partition coefficient (Wildman–Crippen LogP) is 4.09. The number of thiazole rings is 1. The first-order valence-corrected chi connectivity index (χ1v) is 8.41. The van der Waals surface area contributed by atoms with Gasteiger partial charge in [-0.15, -0.1) is 0 Å². The molecule has 0 bridgehead atoms. The summed E-state index contributed by atoms with van der Waals surface area (Å²) in [6, 6.07) is 12.6. The van der Waals surface area contributed by atoms with E-state index < -0.39 is 0 Å². The third-order valence-electron chi connectivity index (χ3n) is 3.21. The Morgan fingerprint density at radius 3 is 2.75 bits per heavy atom. The Bertz CT molecular complexity index is 923. The summed E-state index contributed by atoms with van der Waals surface area (Å²) in [6.45, 7) is 1.44. The summed E-state index contributed by atoms with van der Waals surface area (Å²) in [6.07, 6.45) is 0.246. The van der Waals surface area contributed by atoms with E-state index in [0.29, 0.717) is 15.8 Å². The monoisotopic (exact) mass is 359 g/mol. The number of carbonyl (C=O) groups excluding carboxylic acids is 2. The van der Waals surface area contributed by atoms with Crippen LogP contribution in [-0.4, -0.2) is 16.8 Å². The zero-order valence-electron chi connectivity index (χ0n) is 12.8. The van der Waals surface area contributed by atoms with Crippen LogP contribution in [0.15, 0.2) is 42.5 Å². The quantitative estimate of drug-likeness (QED) is 0.737. The molecule has 3 rings (SSSR count). The van der Waals surface area contributed by atoms with Crippen LogP contribution in [0.5, 0.6) is 0 Å². The molecule has 0 aliphatic carbocycles. The first-order chi connectivity index (χ1) is 11.5. The lowest BCUT2D eigenvalue weighted by Gasteiger charge is -2.05. The van der Waals surface area contributed by atoms with E-state index in [9.17, 15) is 9.59 Å². The number of hydrogen-bond donors (Lipinski definition) is 2. The van der Waals surface area contributed by atoms with Gasteiger partial charge < -0.3 is 10.6 Å². The minimum Gasteiger partial charge on any atom is -0.326 e. The Hall–Kier alpha value is -2.44. The number of fused-ring (bicyclic) bond motifs is 1.